The summed E-state index contributed by atoms with van der Waals surface area (Å²) in [4.78, 5) is 31.8. The van der Waals surface area contributed by atoms with Gasteiger partial charge < -0.3 is 14.5 Å². The number of halogens is 1. The van der Waals surface area contributed by atoms with Crippen LogP contribution in [0.4, 0.5) is 0 Å². The van der Waals surface area contributed by atoms with Gasteiger partial charge in [-0.1, -0.05) is 0 Å². The molecular weight excluding hydrogens is 336 g/mol. The van der Waals surface area contributed by atoms with Gasteiger partial charge in [0, 0.05) is 19.7 Å². The molecule has 0 bridgehead atoms. The summed E-state index contributed by atoms with van der Waals surface area (Å²) in [5.41, 5.74) is -0.162. The van der Waals surface area contributed by atoms with Gasteiger partial charge in [-0.15, -0.1) is 0 Å². The van der Waals surface area contributed by atoms with E-state index in [9.17, 15) is 9.59 Å². The topological polar surface area (TPSA) is 94.4 Å². The Labute approximate surface area is 143 Å². The lowest BCUT2D eigenvalue weighted by molar-refractivity contribution is 0.0593. The van der Waals surface area contributed by atoms with Crippen molar-refractivity contribution in [3.8, 4) is 0 Å². The van der Waals surface area contributed by atoms with Crippen molar-refractivity contribution < 1.29 is 9.47 Å². The normalized spacial score (nSPS) is 20.0. The van der Waals surface area contributed by atoms with Crippen molar-refractivity contribution in [2.24, 2.45) is 0 Å². The zero-order chi connectivity index (χ0) is 17.3. The van der Waals surface area contributed by atoms with Crippen LogP contribution < -0.4 is 11.2 Å². The summed E-state index contributed by atoms with van der Waals surface area (Å²) in [6, 6.07) is 0. The zero-order valence-corrected chi connectivity index (χ0v) is 14.5. The molecule has 2 aromatic rings. The highest BCUT2D eigenvalue weighted by Crippen LogP contribution is 2.27. The first kappa shape index (κ1) is 17.2. The number of hydrogen-bond acceptors (Lipinski definition) is 5. The average molecular weight is 357 g/mol. The summed E-state index contributed by atoms with van der Waals surface area (Å²) < 4.78 is 13.4. The van der Waals surface area contributed by atoms with Crippen LogP contribution in [0.15, 0.2) is 9.59 Å². The Balaban J connectivity index is 1.70. The van der Waals surface area contributed by atoms with E-state index in [0.29, 0.717) is 31.8 Å². The molecule has 2 atom stereocenters. The molecule has 9 heteroatoms. The quantitative estimate of drug-likeness (QED) is 0.439. The molecule has 2 unspecified atom stereocenters. The molecule has 0 spiro atoms. The van der Waals surface area contributed by atoms with E-state index in [4.69, 9.17) is 21.1 Å². The largest absolute Gasteiger partial charge is 0.350 e. The lowest BCUT2D eigenvalue weighted by Gasteiger charge is -2.09. The Bertz CT molecular complexity index is 840. The molecular formula is C15H21ClN4O4. The number of epoxide rings is 1. The molecule has 2 aromatic heterocycles. The molecule has 0 radical (unpaired) electrons. The number of rotatable bonds is 8. The summed E-state index contributed by atoms with van der Waals surface area (Å²) in [6.45, 7) is 5.18. The van der Waals surface area contributed by atoms with Crippen LogP contribution in [0.3, 0.4) is 0 Å². The SMILES string of the molecule is CCOC1OC1CCCCn1c(=O)c2[nH]c(Cl)nc2n(CC)c1=O. The number of aromatic amines is 1. The Morgan fingerprint density at radius 1 is 1.29 bits per heavy atom. The van der Waals surface area contributed by atoms with E-state index in [1.165, 1.54) is 9.13 Å². The van der Waals surface area contributed by atoms with Crippen molar-refractivity contribution in [1.29, 1.82) is 0 Å². The monoisotopic (exact) mass is 356 g/mol. The lowest BCUT2D eigenvalue weighted by atomic mass is 10.2. The fourth-order valence-electron chi connectivity index (χ4n) is 2.88. The summed E-state index contributed by atoms with van der Waals surface area (Å²) in [5, 5.41) is 0.106. The minimum Gasteiger partial charge on any atom is -0.350 e. The van der Waals surface area contributed by atoms with Gasteiger partial charge >= 0.3 is 5.69 Å². The highest BCUT2D eigenvalue weighted by Gasteiger charge is 2.38. The van der Waals surface area contributed by atoms with E-state index in [1.54, 1.807) is 0 Å². The summed E-state index contributed by atoms with van der Waals surface area (Å²) in [5.74, 6) is 0. The van der Waals surface area contributed by atoms with Gasteiger partial charge in [0.05, 0.1) is 0 Å². The van der Waals surface area contributed by atoms with Crippen LogP contribution in [0.5, 0.6) is 0 Å². The van der Waals surface area contributed by atoms with Crippen LogP contribution in [0, 0.1) is 0 Å². The first-order valence-corrected chi connectivity index (χ1v) is 8.60. The summed E-state index contributed by atoms with van der Waals surface area (Å²) in [6.07, 6.45) is 2.49. The van der Waals surface area contributed by atoms with Crippen molar-refractivity contribution in [3.63, 3.8) is 0 Å². The third-order valence-corrected chi connectivity index (χ3v) is 4.31. The number of hydrogen-bond donors (Lipinski definition) is 1. The van der Waals surface area contributed by atoms with Gasteiger partial charge in [0.15, 0.2) is 17.5 Å². The van der Waals surface area contributed by atoms with E-state index in [-0.39, 0.29) is 34.4 Å². The number of nitrogens with zero attached hydrogens (tertiary/aromatic N) is 3. The van der Waals surface area contributed by atoms with Crippen LogP contribution in [-0.2, 0) is 22.6 Å². The second kappa shape index (κ2) is 7.08. The van der Waals surface area contributed by atoms with E-state index >= 15 is 0 Å². The molecule has 0 aliphatic carbocycles. The molecule has 1 fully saturated rings. The van der Waals surface area contributed by atoms with Gasteiger partial charge in [0.2, 0.25) is 5.28 Å². The highest BCUT2D eigenvalue weighted by atomic mass is 35.5. The first-order chi connectivity index (χ1) is 11.6. The number of aromatic nitrogens is 4. The maximum absolute atomic E-state index is 12.5. The average Bonchev–Trinajstić information content (AvgIpc) is 3.17. The van der Waals surface area contributed by atoms with Gasteiger partial charge in [-0.2, -0.15) is 4.98 Å². The van der Waals surface area contributed by atoms with Crippen LogP contribution in [-0.4, -0.2) is 38.1 Å². The van der Waals surface area contributed by atoms with Crippen molar-refractivity contribution >= 4 is 22.8 Å². The van der Waals surface area contributed by atoms with E-state index < -0.39 is 0 Å². The van der Waals surface area contributed by atoms with Crippen molar-refractivity contribution in [3.05, 3.63) is 26.1 Å². The van der Waals surface area contributed by atoms with Crippen LogP contribution in [0.1, 0.15) is 33.1 Å². The number of H-pyrrole nitrogens is 1. The molecule has 8 nitrogen and oxygen atoms in total. The van der Waals surface area contributed by atoms with Crippen molar-refractivity contribution in [1.82, 2.24) is 19.1 Å². The molecule has 0 aromatic carbocycles. The highest BCUT2D eigenvalue weighted by molar-refractivity contribution is 6.28. The smallest absolute Gasteiger partial charge is 0.332 e. The van der Waals surface area contributed by atoms with Crippen molar-refractivity contribution in [2.45, 2.75) is 58.6 Å². The lowest BCUT2D eigenvalue weighted by Crippen LogP contribution is -2.40. The fraction of sp³-hybridized carbons (Fsp3) is 0.667. The molecule has 24 heavy (non-hydrogen) atoms. The predicted octanol–water partition coefficient (Wildman–Crippen LogP) is 1.49. The predicted molar refractivity (Wildman–Crippen MR) is 89.4 cm³/mol. The maximum atomic E-state index is 12.5. The molecule has 132 valence electrons. The Morgan fingerprint density at radius 3 is 2.79 bits per heavy atom. The van der Waals surface area contributed by atoms with Crippen LogP contribution >= 0.6 is 11.6 Å². The van der Waals surface area contributed by atoms with E-state index in [1.807, 2.05) is 13.8 Å². The number of unbranched alkanes of at least 4 members (excludes halogenated alkanes) is 1. The molecule has 1 aliphatic heterocycles. The van der Waals surface area contributed by atoms with Crippen molar-refractivity contribution in [2.75, 3.05) is 6.61 Å². The number of aryl methyl sites for hydroxylation is 1. The zero-order valence-electron chi connectivity index (χ0n) is 13.7. The van der Waals surface area contributed by atoms with Crippen LogP contribution in [0.2, 0.25) is 5.28 Å². The molecule has 1 N–H and O–H groups in total. The Hall–Kier alpha value is -1.64. The standard InChI is InChI=1S/C15H21ClN4O4/c1-3-19-11-10(17-14(16)18-11)12(21)20(15(19)22)8-6-5-7-9-13(24-9)23-4-2/h9,13H,3-8H2,1-2H3,(H,17,18). The van der Waals surface area contributed by atoms with E-state index in [0.717, 1.165) is 12.8 Å². The minimum absolute atomic E-state index is 0.0847. The fourth-order valence-corrected chi connectivity index (χ4v) is 3.05. The van der Waals surface area contributed by atoms with Gasteiger partial charge in [-0.3, -0.25) is 13.9 Å². The number of imidazole rings is 1. The molecule has 3 rings (SSSR count). The number of fused-ring (bicyclic) bond motifs is 1. The molecule has 0 saturated carbocycles. The van der Waals surface area contributed by atoms with Gasteiger partial charge in [-0.05, 0) is 44.7 Å². The van der Waals surface area contributed by atoms with Gasteiger partial charge in [0.25, 0.3) is 5.56 Å². The Morgan fingerprint density at radius 2 is 2.08 bits per heavy atom. The summed E-state index contributed by atoms with van der Waals surface area (Å²) >= 11 is 5.84. The molecule has 1 aliphatic rings. The molecule has 0 amide bonds. The number of ether oxygens (including phenoxy) is 2. The van der Waals surface area contributed by atoms with Gasteiger partial charge in [-0.25, -0.2) is 4.79 Å². The third kappa shape index (κ3) is 3.26. The van der Waals surface area contributed by atoms with E-state index in [2.05, 4.69) is 9.97 Å². The second-order valence-corrected chi connectivity index (χ2v) is 6.06. The first-order valence-electron chi connectivity index (χ1n) is 8.22. The molecule has 3 heterocycles. The summed E-state index contributed by atoms with van der Waals surface area (Å²) in [7, 11) is 0. The minimum atomic E-state index is -0.381. The number of nitrogens with one attached hydrogen (secondary N) is 1. The van der Waals surface area contributed by atoms with Crippen LogP contribution in [0.25, 0.3) is 11.2 Å². The maximum Gasteiger partial charge on any atom is 0.332 e. The molecule has 1 saturated heterocycles. The second-order valence-electron chi connectivity index (χ2n) is 5.70. The van der Waals surface area contributed by atoms with Gasteiger partial charge in [0.1, 0.15) is 6.10 Å². The Kier molecular flexibility index (Phi) is 5.07. The third-order valence-electron chi connectivity index (χ3n) is 4.14.